The molecule has 0 radical (unpaired) electrons. The first-order valence-electron chi connectivity index (χ1n) is 16.3. The van der Waals surface area contributed by atoms with Gasteiger partial charge in [-0.2, -0.15) is 0 Å². The number of aromatic nitrogens is 3. The maximum absolute atomic E-state index is 14.3. The van der Waals surface area contributed by atoms with E-state index in [1.807, 2.05) is 22.6 Å². The van der Waals surface area contributed by atoms with E-state index in [2.05, 4.69) is 130 Å². The lowest BCUT2D eigenvalue weighted by Gasteiger charge is -2.15. The molecule has 4 heteroatoms. The number of pyridine rings is 1. The Balaban J connectivity index is 1.31. The van der Waals surface area contributed by atoms with Crippen molar-refractivity contribution in [1.29, 1.82) is 0 Å². The summed E-state index contributed by atoms with van der Waals surface area (Å²) >= 11 is 0. The molecular weight excluding hydrogens is 574 g/mol. The highest BCUT2D eigenvalue weighted by molar-refractivity contribution is 6.21. The highest BCUT2D eigenvalue weighted by atomic mass is 16.1. The maximum Gasteiger partial charge on any atom is 0.263 e. The van der Waals surface area contributed by atoms with Gasteiger partial charge in [-0.25, -0.2) is 0 Å². The van der Waals surface area contributed by atoms with Crippen LogP contribution in [0.1, 0.15) is 17.7 Å². The normalized spacial score (nSPS) is 13.4. The van der Waals surface area contributed by atoms with E-state index in [-0.39, 0.29) is 5.56 Å². The first-order valence-corrected chi connectivity index (χ1v) is 16.3. The molecule has 0 amide bonds. The molecule has 0 saturated carbocycles. The Kier molecular flexibility index (Phi) is 4.80. The van der Waals surface area contributed by atoms with Crippen molar-refractivity contribution < 1.29 is 0 Å². The van der Waals surface area contributed by atoms with Crippen molar-refractivity contribution in [3.63, 3.8) is 0 Å². The molecule has 0 N–H and O–H groups in total. The molecule has 0 spiro atoms. The van der Waals surface area contributed by atoms with Crippen LogP contribution in [0, 0.1) is 0 Å². The predicted molar refractivity (Wildman–Crippen MR) is 196 cm³/mol. The van der Waals surface area contributed by atoms with Gasteiger partial charge in [0, 0.05) is 60.3 Å². The fourth-order valence-electron chi connectivity index (χ4n) is 8.50. The van der Waals surface area contributed by atoms with Crippen LogP contribution in [0.15, 0.2) is 138 Å². The van der Waals surface area contributed by atoms with E-state index in [1.54, 1.807) is 0 Å². The smallest absolute Gasteiger partial charge is 0.263 e. The lowest BCUT2D eigenvalue weighted by molar-refractivity contribution is 0.890. The van der Waals surface area contributed by atoms with Crippen LogP contribution in [0.5, 0.6) is 0 Å². The van der Waals surface area contributed by atoms with Crippen molar-refractivity contribution >= 4 is 76.7 Å². The molecule has 4 nitrogen and oxygen atoms in total. The van der Waals surface area contributed by atoms with Crippen molar-refractivity contribution in [2.45, 2.75) is 12.8 Å². The van der Waals surface area contributed by atoms with Crippen molar-refractivity contribution in [2.24, 2.45) is 0 Å². The fraction of sp³-hybridized carbons (Fsp3) is 0.0465. The molecule has 1 aliphatic carbocycles. The Morgan fingerprint density at radius 3 is 1.77 bits per heavy atom. The molecule has 0 fully saturated rings. The molecule has 4 heterocycles. The highest BCUT2D eigenvalue weighted by Gasteiger charge is 2.23. The molecular formula is C43H27N3O. The van der Waals surface area contributed by atoms with Crippen LogP contribution in [0.2, 0.25) is 0 Å². The van der Waals surface area contributed by atoms with E-state index in [4.69, 9.17) is 0 Å². The number of benzene rings is 6. The number of para-hydroxylation sites is 3. The summed E-state index contributed by atoms with van der Waals surface area (Å²) in [4.78, 5) is 14.3. The van der Waals surface area contributed by atoms with Crippen molar-refractivity contribution in [1.82, 2.24) is 13.5 Å². The van der Waals surface area contributed by atoms with Crippen LogP contribution in [0.4, 0.5) is 0 Å². The Morgan fingerprint density at radius 1 is 0.468 bits per heavy atom. The Bertz CT molecular complexity index is 2990. The molecule has 0 atom stereocenters. The van der Waals surface area contributed by atoms with Crippen LogP contribution in [-0.2, 0) is 6.42 Å². The zero-order valence-electron chi connectivity index (χ0n) is 25.4. The van der Waals surface area contributed by atoms with E-state index in [0.717, 1.165) is 62.2 Å². The minimum Gasteiger partial charge on any atom is -0.313 e. The van der Waals surface area contributed by atoms with Gasteiger partial charge in [0.25, 0.3) is 5.56 Å². The average molecular weight is 602 g/mol. The Morgan fingerprint density at radius 2 is 1.04 bits per heavy atom. The van der Waals surface area contributed by atoms with Gasteiger partial charge in [0.1, 0.15) is 0 Å². The first-order chi connectivity index (χ1) is 23.3. The van der Waals surface area contributed by atoms with Crippen LogP contribution in [0.3, 0.4) is 0 Å². The largest absolute Gasteiger partial charge is 0.313 e. The first kappa shape index (κ1) is 25.1. The van der Waals surface area contributed by atoms with Gasteiger partial charge >= 0.3 is 0 Å². The lowest BCUT2D eigenvalue weighted by atomic mass is 10.0. The number of rotatable bonds is 2. The zero-order chi connectivity index (χ0) is 30.8. The third-order valence-electron chi connectivity index (χ3n) is 10.4. The van der Waals surface area contributed by atoms with E-state index in [9.17, 15) is 4.79 Å². The fourth-order valence-corrected chi connectivity index (χ4v) is 8.50. The van der Waals surface area contributed by atoms with Gasteiger partial charge < -0.3 is 9.13 Å². The molecule has 47 heavy (non-hydrogen) atoms. The molecule has 6 aromatic carbocycles. The second kappa shape index (κ2) is 8.99. The quantitative estimate of drug-likeness (QED) is 0.181. The van der Waals surface area contributed by atoms with E-state index in [1.165, 1.54) is 44.0 Å². The van der Waals surface area contributed by atoms with Gasteiger partial charge in [-0.1, -0.05) is 84.9 Å². The number of hydrogen-bond donors (Lipinski definition) is 0. The highest BCUT2D eigenvalue weighted by Crippen LogP contribution is 2.41. The minimum absolute atomic E-state index is 0.0272. The molecule has 0 saturated heterocycles. The molecule has 0 bridgehead atoms. The second-order valence-electron chi connectivity index (χ2n) is 12.8. The van der Waals surface area contributed by atoms with Crippen LogP contribution in [-0.4, -0.2) is 13.5 Å². The van der Waals surface area contributed by atoms with E-state index < -0.39 is 0 Å². The summed E-state index contributed by atoms with van der Waals surface area (Å²) in [5.41, 5.74) is 10.4. The lowest BCUT2D eigenvalue weighted by Crippen LogP contribution is -2.13. The summed E-state index contributed by atoms with van der Waals surface area (Å²) in [6.45, 7) is 0. The van der Waals surface area contributed by atoms with Gasteiger partial charge in [0.05, 0.1) is 27.6 Å². The van der Waals surface area contributed by atoms with Gasteiger partial charge in [-0.05, 0) is 72.8 Å². The van der Waals surface area contributed by atoms with Crippen molar-refractivity contribution in [3.8, 4) is 11.4 Å². The third kappa shape index (κ3) is 3.19. The molecule has 10 aromatic rings. The summed E-state index contributed by atoms with van der Waals surface area (Å²) in [5.74, 6) is 0. The van der Waals surface area contributed by atoms with E-state index >= 15 is 0 Å². The monoisotopic (exact) mass is 601 g/mol. The standard InChI is InChI=1S/C43H27N3O/c47-43-33-16-2-1-11-28(33)35-24-27(45-39-19-9-5-14-31(39)32-15-6-10-20-40(32)45)25-36-34-23-26(21-22-41(34)46(43)42(35)36)44-37-17-7-3-12-29(37)30-13-4-8-18-38(30)44/h1-9,11-19,21-25H,10,20H2. The molecule has 1 aliphatic rings. The minimum atomic E-state index is 0.0272. The van der Waals surface area contributed by atoms with Crippen LogP contribution >= 0.6 is 0 Å². The topological polar surface area (TPSA) is 31.3 Å². The van der Waals surface area contributed by atoms with Crippen LogP contribution < -0.4 is 5.56 Å². The predicted octanol–water partition coefficient (Wildman–Crippen LogP) is 10.2. The number of nitrogens with zero attached hydrogens (tertiary/aromatic N) is 3. The molecule has 4 aromatic heterocycles. The summed E-state index contributed by atoms with van der Waals surface area (Å²) in [5, 5.41) is 8.75. The van der Waals surface area contributed by atoms with Crippen molar-refractivity contribution in [3.05, 3.63) is 155 Å². The number of fused-ring (bicyclic) bond motifs is 11. The number of hydrogen-bond acceptors (Lipinski definition) is 1. The zero-order valence-corrected chi connectivity index (χ0v) is 25.4. The Labute approximate surface area is 269 Å². The summed E-state index contributed by atoms with van der Waals surface area (Å²) in [6, 6.07) is 45.3. The van der Waals surface area contributed by atoms with Crippen molar-refractivity contribution in [2.75, 3.05) is 0 Å². The van der Waals surface area contributed by atoms with Gasteiger partial charge in [0.15, 0.2) is 0 Å². The summed E-state index contributed by atoms with van der Waals surface area (Å²) in [7, 11) is 0. The maximum atomic E-state index is 14.3. The van der Waals surface area contributed by atoms with Gasteiger partial charge in [-0.3, -0.25) is 9.20 Å². The SMILES string of the molecule is O=c1c2ccccc2c2cc(-n3c4c(c5ccccc53)C=CCC4)cc3c4cc(-n5c6ccccc6c6ccccc65)ccc4n1c23. The second-order valence-corrected chi connectivity index (χ2v) is 12.8. The molecule has 0 aliphatic heterocycles. The average Bonchev–Trinajstić information content (AvgIpc) is 3.76. The van der Waals surface area contributed by atoms with Gasteiger partial charge in [-0.15, -0.1) is 0 Å². The van der Waals surface area contributed by atoms with E-state index in [0.29, 0.717) is 0 Å². The Hall–Kier alpha value is -6.13. The molecule has 11 rings (SSSR count). The van der Waals surface area contributed by atoms with Gasteiger partial charge in [0.2, 0.25) is 0 Å². The number of allylic oxidation sites excluding steroid dienone is 1. The summed E-state index contributed by atoms with van der Waals surface area (Å²) < 4.78 is 6.77. The summed E-state index contributed by atoms with van der Waals surface area (Å²) in [6.07, 6.45) is 6.59. The molecule has 220 valence electrons. The third-order valence-corrected chi connectivity index (χ3v) is 10.4. The van der Waals surface area contributed by atoms with Crippen LogP contribution in [0.25, 0.3) is 88.1 Å². The molecule has 0 unspecified atom stereocenters.